The molecule has 0 unspecified atom stereocenters. The first kappa shape index (κ1) is 17.0. The Bertz CT molecular complexity index is 75.8. The van der Waals surface area contributed by atoms with Crippen LogP contribution in [0.5, 0.6) is 0 Å². The van der Waals surface area contributed by atoms with Crippen LogP contribution in [0, 0.1) is 12.3 Å². The van der Waals surface area contributed by atoms with Crippen LogP contribution in [0.4, 0.5) is 0 Å². The molecule has 0 aromatic heterocycles. The van der Waals surface area contributed by atoms with Crippen LogP contribution in [0.15, 0.2) is 0 Å². The smallest absolute Gasteiger partial charge is 0.00989 e. The summed E-state index contributed by atoms with van der Waals surface area (Å²) in [5.41, 5.74) is 0. The third-order valence-electron chi connectivity index (χ3n) is 1.16. The maximum atomic E-state index is 6.59. The van der Waals surface area contributed by atoms with Gasteiger partial charge in [0.2, 0.25) is 0 Å². The molecule has 0 amide bonds. The van der Waals surface area contributed by atoms with Crippen LogP contribution >= 0.6 is 0 Å². The van der Waals surface area contributed by atoms with E-state index in [1.807, 2.05) is 0 Å². The second-order valence-electron chi connectivity index (χ2n) is 1.99. The van der Waals surface area contributed by atoms with Gasteiger partial charge >= 0.3 is 0 Å². The molecule has 1 radical (unpaired) electrons. The minimum Gasteiger partial charge on any atom is -1.00 e. The van der Waals surface area contributed by atoms with Gasteiger partial charge in [-0.2, -0.15) is 0 Å². The fourth-order valence-corrected chi connectivity index (χ4v) is 0.640. The average molecular weight is 254 g/mol. The Balaban J connectivity index is -0.000000245. The van der Waals surface area contributed by atoms with Crippen molar-refractivity contribution >= 4 is 0 Å². The summed E-state index contributed by atoms with van der Waals surface area (Å²) < 4.78 is 0. The molecule has 0 atom stereocenters. The van der Waals surface area contributed by atoms with Crippen LogP contribution in [0.1, 0.15) is 39.0 Å². The van der Waals surface area contributed by atoms with Crippen molar-refractivity contribution in [3.8, 4) is 5.92 Å². The molecular weight excluding hydrogens is 241 g/mol. The van der Waals surface area contributed by atoms with Gasteiger partial charge in [-0.1, -0.05) is 32.1 Å². The summed E-state index contributed by atoms with van der Waals surface area (Å²) in [6.07, 6.45) is 12.4. The Morgan fingerprint density at radius 2 is 1.80 bits per heavy atom. The van der Waals surface area contributed by atoms with Crippen molar-refractivity contribution in [2.45, 2.75) is 39.0 Å². The van der Waals surface area contributed by atoms with Crippen molar-refractivity contribution in [1.82, 2.24) is 0 Å². The Hall–Kier alpha value is 0.663. The van der Waals surface area contributed by atoms with Crippen LogP contribution in [0.25, 0.3) is 0 Å². The minimum atomic E-state index is 0. The molecule has 0 saturated heterocycles. The van der Waals surface area contributed by atoms with Crippen molar-refractivity contribution in [3.63, 3.8) is 0 Å². The summed E-state index contributed by atoms with van der Waals surface area (Å²) in [6, 6.07) is 0. The fraction of sp³-hybridized carbons (Fsp3) is 0.750. The first-order valence-electron chi connectivity index (χ1n) is 3.31. The molecule has 2 heteroatoms. The zero-order valence-corrected chi connectivity index (χ0v) is 11.2. The molecule has 0 aliphatic heterocycles. The Morgan fingerprint density at radius 1 is 1.20 bits per heavy atom. The van der Waals surface area contributed by atoms with E-state index in [2.05, 4.69) is 12.8 Å². The molecule has 0 saturated carbocycles. The maximum absolute atomic E-state index is 6.59. The van der Waals surface area contributed by atoms with E-state index in [4.69, 9.17) is 6.42 Å². The van der Waals surface area contributed by atoms with E-state index in [1.54, 1.807) is 0 Å². The predicted octanol–water partition coefficient (Wildman–Crippen LogP) is -0.452. The molecule has 0 nitrogen and oxygen atoms in total. The van der Waals surface area contributed by atoms with Gasteiger partial charge in [0.1, 0.15) is 0 Å². The summed E-state index contributed by atoms with van der Waals surface area (Å²) >= 11 is 0. The van der Waals surface area contributed by atoms with Crippen LogP contribution in [-0.4, -0.2) is 0 Å². The molecular formula is C8H13BrZn-. The number of halogens is 1. The summed E-state index contributed by atoms with van der Waals surface area (Å²) in [5.74, 6) is 2.38. The molecule has 55 valence electrons. The van der Waals surface area contributed by atoms with Crippen molar-refractivity contribution in [2.24, 2.45) is 0 Å². The molecule has 0 N–H and O–H groups in total. The van der Waals surface area contributed by atoms with Gasteiger partial charge in [0, 0.05) is 25.9 Å². The van der Waals surface area contributed by atoms with Crippen molar-refractivity contribution < 1.29 is 36.5 Å². The van der Waals surface area contributed by atoms with Gasteiger partial charge in [0.25, 0.3) is 0 Å². The average Bonchev–Trinajstić information content (AvgIpc) is 1.81. The summed E-state index contributed by atoms with van der Waals surface area (Å²) in [5, 5.41) is 0. The van der Waals surface area contributed by atoms with E-state index in [1.165, 1.54) is 19.3 Å². The zero-order valence-electron chi connectivity index (χ0n) is 6.62. The monoisotopic (exact) mass is 252 g/mol. The summed E-state index contributed by atoms with van der Waals surface area (Å²) in [7, 11) is 0. The Morgan fingerprint density at radius 3 is 2.20 bits per heavy atom. The normalized spacial score (nSPS) is 6.80. The quantitative estimate of drug-likeness (QED) is 0.362. The predicted molar refractivity (Wildman–Crippen MR) is 35.9 cm³/mol. The molecule has 0 aromatic carbocycles. The summed E-state index contributed by atoms with van der Waals surface area (Å²) in [6.45, 7) is 2.19. The van der Waals surface area contributed by atoms with E-state index >= 15 is 0 Å². The van der Waals surface area contributed by atoms with Crippen LogP contribution < -0.4 is 17.0 Å². The van der Waals surface area contributed by atoms with Gasteiger partial charge in [0.15, 0.2) is 0 Å². The SMILES string of the molecule is [Br-].[C]#CCCCCCC.[Zn]. The second kappa shape index (κ2) is 16.3. The number of hydrogen-bond acceptors (Lipinski definition) is 0. The van der Waals surface area contributed by atoms with Gasteiger partial charge in [-0.3, -0.25) is 0 Å². The van der Waals surface area contributed by atoms with Crippen LogP contribution in [-0.2, 0) is 19.5 Å². The largest absolute Gasteiger partial charge is 1.00 e. The maximum Gasteiger partial charge on any atom is 0.00989 e. The fourth-order valence-electron chi connectivity index (χ4n) is 0.640. The molecule has 0 aliphatic rings. The second-order valence-corrected chi connectivity index (χ2v) is 1.99. The van der Waals surface area contributed by atoms with Crippen molar-refractivity contribution in [3.05, 3.63) is 6.42 Å². The van der Waals surface area contributed by atoms with Crippen molar-refractivity contribution in [1.29, 1.82) is 0 Å². The molecule has 0 aromatic rings. The zero-order chi connectivity index (χ0) is 6.24. The number of unbranched alkanes of at least 4 members (excludes halogenated alkanes) is 4. The first-order chi connectivity index (χ1) is 3.91. The van der Waals surface area contributed by atoms with Gasteiger partial charge in [-0.25, -0.2) is 0 Å². The molecule has 0 aliphatic carbocycles. The van der Waals surface area contributed by atoms with E-state index < -0.39 is 0 Å². The van der Waals surface area contributed by atoms with Crippen LogP contribution in [0.2, 0.25) is 0 Å². The Labute approximate surface area is 87.7 Å². The molecule has 0 bridgehead atoms. The van der Waals surface area contributed by atoms with Crippen LogP contribution in [0.3, 0.4) is 0 Å². The third-order valence-corrected chi connectivity index (χ3v) is 1.16. The van der Waals surface area contributed by atoms with Crippen molar-refractivity contribution in [2.75, 3.05) is 0 Å². The molecule has 0 rings (SSSR count). The third kappa shape index (κ3) is 15.9. The van der Waals surface area contributed by atoms with Gasteiger partial charge < -0.3 is 17.0 Å². The standard InChI is InChI=1S/C8H13.BrH.Zn/c1-3-5-7-8-6-4-2;;/h3,5-8H2,1H3;1H;/p-1. The van der Waals surface area contributed by atoms with E-state index in [-0.39, 0.29) is 36.5 Å². The van der Waals surface area contributed by atoms with E-state index in [9.17, 15) is 0 Å². The van der Waals surface area contributed by atoms with Gasteiger partial charge in [0.05, 0.1) is 0 Å². The van der Waals surface area contributed by atoms with E-state index in [0.29, 0.717) is 0 Å². The molecule has 0 heterocycles. The van der Waals surface area contributed by atoms with E-state index in [0.717, 1.165) is 12.8 Å². The molecule has 10 heavy (non-hydrogen) atoms. The Kier molecular flexibility index (Phi) is 27.7. The topological polar surface area (TPSA) is 0 Å². The van der Waals surface area contributed by atoms with Gasteiger partial charge in [-0.05, 0) is 12.8 Å². The summed E-state index contributed by atoms with van der Waals surface area (Å²) in [4.78, 5) is 0. The molecule has 0 fully saturated rings. The first-order valence-corrected chi connectivity index (χ1v) is 3.31. The number of rotatable bonds is 4. The number of hydrogen-bond donors (Lipinski definition) is 0. The molecule has 0 spiro atoms. The van der Waals surface area contributed by atoms with Gasteiger partial charge in [-0.15, -0.1) is 0 Å². The minimum absolute atomic E-state index is 0.